The molecule has 2 N–H and O–H groups in total. The number of aromatic nitrogens is 4. The molecule has 29 heavy (non-hydrogen) atoms. The van der Waals surface area contributed by atoms with Crippen LogP contribution in [0, 0.1) is 24.2 Å². The first kappa shape index (κ1) is 19.7. The van der Waals surface area contributed by atoms with Crippen LogP contribution in [0.2, 0.25) is 0 Å². The van der Waals surface area contributed by atoms with E-state index < -0.39 is 0 Å². The van der Waals surface area contributed by atoms with Crippen LogP contribution in [0.5, 0.6) is 0 Å². The minimum atomic E-state index is -0.207. The first-order chi connectivity index (χ1) is 13.4. The van der Waals surface area contributed by atoms with Crippen LogP contribution in [-0.4, -0.2) is 43.7 Å². The van der Waals surface area contributed by atoms with Gasteiger partial charge in [-0.1, -0.05) is 6.92 Å². The monoisotopic (exact) mass is 420 g/mol. The Balaban J connectivity index is 0.00000181. The van der Waals surface area contributed by atoms with Crippen molar-refractivity contribution in [3.8, 4) is 0 Å². The third-order valence-corrected chi connectivity index (χ3v) is 8.95. The molecule has 6 fully saturated rings. The fraction of sp³-hybridized carbons (Fsp3) is 0.905. The van der Waals surface area contributed by atoms with E-state index in [1.807, 2.05) is 11.7 Å². The van der Waals surface area contributed by atoms with E-state index in [0.29, 0.717) is 29.8 Å². The van der Waals surface area contributed by atoms with Gasteiger partial charge in [-0.2, -0.15) is 4.80 Å². The highest BCUT2D eigenvalue weighted by molar-refractivity contribution is 5.85. The van der Waals surface area contributed by atoms with E-state index >= 15 is 0 Å². The van der Waals surface area contributed by atoms with Gasteiger partial charge in [0, 0.05) is 17.6 Å². The molecule has 1 aromatic heterocycles. The third-order valence-electron chi connectivity index (χ3n) is 8.95. The molecule has 3 heterocycles. The topological polar surface area (TPSA) is 84.7 Å². The summed E-state index contributed by atoms with van der Waals surface area (Å²) in [4.78, 5) is 15.6. The van der Waals surface area contributed by atoms with Crippen molar-refractivity contribution in [2.24, 2.45) is 17.3 Å². The summed E-state index contributed by atoms with van der Waals surface area (Å²) >= 11 is 0. The standard InChI is InChI=1S/C21H32N6O.ClH/c1-3-21(11-16-4-5-17(21)22-16)18(28)23-19-7-14-6-15(8-19)10-20(9-14,12-19)27-25-13(2)24-26-27;/h14-17,22H,3-12H2,1-2H3,(H,23,28);1H/t14?,15?,16-,17+,19?,20?,21+;/m0./s1. The summed E-state index contributed by atoms with van der Waals surface area (Å²) in [5.41, 5.74) is -0.334. The van der Waals surface area contributed by atoms with Crippen molar-refractivity contribution in [3.63, 3.8) is 0 Å². The van der Waals surface area contributed by atoms with Gasteiger partial charge in [-0.25, -0.2) is 0 Å². The van der Waals surface area contributed by atoms with Gasteiger partial charge in [0.25, 0.3) is 0 Å². The Kier molecular flexibility index (Phi) is 4.35. The Hall–Kier alpha value is -1.21. The molecule has 0 aromatic carbocycles. The maximum Gasteiger partial charge on any atom is 0.228 e. The highest BCUT2D eigenvalue weighted by atomic mass is 35.5. The normalized spacial score (nSPS) is 46.7. The minimum absolute atomic E-state index is 0. The Bertz CT molecular complexity index is 812. The van der Waals surface area contributed by atoms with Crippen molar-refractivity contribution in [1.82, 2.24) is 30.8 Å². The van der Waals surface area contributed by atoms with E-state index in [9.17, 15) is 4.79 Å². The van der Waals surface area contributed by atoms with Crippen molar-refractivity contribution in [2.75, 3.05) is 0 Å². The predicted octanol–water partition coefficient (Wildman–Crippen LogP) is 2.49. The van der Waals surface area contributed by atoms with Crippen molar-refractivity contribution >= 4 is 18.3 Å². The second-order valence-corrected chi connectivity index (χ2v) is 10.8. The van der Waals surface area contributed by atoms with Crippen molar-refractivity contribution in [1.29, 1.82) is 0 Å². The smallest absolute Gasteiger partial charge is 0.228 e. The minimum Gasteiger partial charge on any atom is -0.350 e. The van der Waals surface area contributed by atoms with Crippen molar-refractivity contribution in [3.05, 3.63) is 5.82 Å². The van der Waals surface area contributed by atoms with Gasteiger partial charge in [0.15, 0.2) is 5.82 Å². The van der Waals surface area contributed by atoms with Crippen LogP contribution in [0.4, 0.5) is 0 Å². The number of hydrogen-bond donors (Lipinski definition) is 2. The molecule has 4 saturated carbocycles. The van der Waals surface area contributed by atoms with Gasteiger partial charge in [0.2, 0.25) is 5.91 Å². The summed E-state index contributed by atoms with van der Waals surface area (Å²) in [6.45, 7) is 4.11. The number of amides is 1. The van der Waals surface area contributed by atoms with Crippen LogP contribution in [-0.2, 0) is 10.3 Å². The molecule has 1 amide bonds. The van der Waals surface area contributed by atoms with E-state index in [0.717, 1.165) is 57.2 Å². The second kappa shape index (κ2) is 6.39. The van der Waals surface area contributed by atoms with Crippen LogP contribution >= 0.6 is 12.4 Å². The second-order valence-electron chi connectivity index (χ2n) is 10.8. The van der Waals surface area contributed by atoms with Crippen LogP contribution < -0.4 is 10.6 Å². The number of hydrogen-bond acceptors (Lipinski definition) is 5. The van der Waals surface area contributed by atoms with E-state index in [1.54, 1.807) is 0 Å². The Morgan fingerprint density at radius 2 is 1.97 bits per heavy atom. The van der Waals surface area contributed by atoms with Crippen LogP contribution in [0.1, 0.15) is 77.0 Å². The predicted molar refractivity (Wildman–Crippen MR) is 111 cm³/mol. The SMILES string of the molecule is CC[C@@]1(C(=O)NC23CC4CC(C2)CC(n2nnc(C)n2)(C4)C3)C[C@@H]2CC[C@H]1N2.Cl. The first-order valence-corrected chi connectivity index (χ1v) is 11.3. The van der Waals surface area contributed by atoms with Gasteiger partial charge in [0.05, 0.1) is 11.0 Å². The van der Waals surface area contributed by atoms with Gasteiger partial charge < -0.3 is 10.6 Å². The Morgan fingerprint density at radius 1 is 1.21 bits per heavy atom. The number of tetrazole rings is 1. The summed E-state index contributed by atoms with van der Waals surface area (Å²) in [5.74, 6) is 2.40. The zero-order valence-electron chi connectivity index (χ0n) is 17.5. The number of halogens is 1. The molecule has 0 radical (unpaired) electrons. The van der Waals surface area contributed by atoms with Gasteiger partial charge in [-0.05, 0) is 88.2 Å². The molecule has 7 nitrogen and oxygen atoms in total. The quantitative estimate of drug-likeness (QED) is 0.781. The van der Waals surface area contributed by atoms with Gasteiger partial charge in [-0.3, -0.25) is 4.79 Å². The fourth-order valence-electron chi connectivity index (χ4n) is 8.24. The molecule has 160 valence electrons. The number of carbonyl (C=O) groups is 1. The van der Waals surface area contributed by atoms with Crippen molar-refractivity contribution < 1.29 is 4.79 Å². The summed E-state index contributed by atoms with van der Waals surface area (Å²) in [5, 5.41) is 20.6. The third kappa shape index (κ3) is 2.72. The Labute approximate surface area is 178 Å². The van der Waals surface area contributed by atoms with E-state index in [2.05, 4.69) is 33.0 Å². The van der Waals surface area contributed by atoms with Gasteiger partial charge in [0.1, 0.15) is 0 Å². The number of fused-ring (bicyclic) bond motifs is 2. The number of nitrogens with zero attached hydrogens (tertiary/aromatic N) is 4. The molecule has 2 aliphatic heterocycles. The van der Waals surface area contributed by atoms with E-state index in [1.165, 1.54) is 12.8 Å². The average molecular weight is 421 g/mol. The lowest BCUT2D eigenvalue weighted by Gasteiger charge is -2.61. The fourth-order valence-corrected chi connectivity index (χ4v) is 8.24. The number of carbonyl (C=O) groups excluding carboxylic acids is 1. The van der Waals surface area contributed by atoms with Crippen LogP contribution in [0.25, 0.3) is 0 Å². The lowest BCUT2D eigenvalue weighted by Crippen LogP contribution is -2.68. The molecule has 2 saturated heterocycles. The molecule has 6 aliphatic rings. The molecular weight excluding hydrogens is 388 g/mol. The van der Waals surface area contributed by atoms with Gasteiger partial charge >= 0.3 is 0 Å². The highest BCUT2D eigenvalue weighted by Gasteiger charge is 2.62. The maximum atomic E-state index is 13.7. The average Bonchev–Trinajstić information content (AvgIpc) is 3.36. The summed E-state index contributed by atoms with van der Waals surface area (Å²) < 4.78 is 0. The number of aryl methyl sites for hydroxylation is 1. The van der Waals surface area contributed by atoms with Crippen LogP contribution in [0.3, 0.4) is 0 Å². The van der Waals surface area contributed by atoms with E-state index in [-0.39, 0.29) is 28.9 Å². The first-order valence-electron chi connectivity index (χ1n) is 11.3. The largest absolute Gasteiger partial charge is 0.350 e. The Morgan fingerprint density at radius 3 is 2.52 bits per heavy atom. The molecule has 6 bridgehead atoms. The summed E-state index contributed by atoms with van der Waals surface area (Å²) in [7, 11) is 0. The van der Waals surface area contributed by atoms with Crippen molar-refractivity contribution in [2.45, 2.75) is 101 Å². The molecule has 2 unspecified atom stereocenters. The van der Waals surface area contributed by atoms with Gasteiger partial charge in [-0.15, -0.1) is 22.6 Å². The van der Waals surface area contributed by atoms with Crippen LogP contribution in [0.15, 0.2) is 0 Å². The molecule has 7 rings (SSSR count). The zero-order valence-corrected chi connectivity index (χ0v) is 18.3. The molecule has 1 aromatic rings. The molecule has 0 spiro atoms. The molecule has 5 atom stereocenters. The molecule has 4 aliphatic carbocycles. The summed E-state index contributed by atoms with van der Waals surface area (Å²) in [6.07, 6.45) is 11.1. The number of nitrogens with one attached hydrogen (secondary N) is 2. The summed E-state index contributed by atoms with van der Waals surface area (Å²) in [6, 6.07) is 0.908. The number of rotatable bonds is 4. The molecular formula is C21H33ClN6O. The lowest BCUT2D eigenvalue weighted by molar-refractivity contribution is -0.142. The highest BCUT2D eigenvalue weighted by Crippen LogP contribution is 2.60. The zero-order chi connectivity index (χ0) is 19.1. The van der Waals surface area contributed by atoms with E-state index in [4.69, 9.17) is 0 Å². The lowest BCUT2D eigenvalue weighted by atomic mass is 9.49. The molecule has 8 heteroatoms. The maximum absolute atomic E-state index is 13.7.